The average Bonchev–Trinajstić information content (AvgIpc) is 2.77. The van der Waals surface area contributed by atoms with Crippen molar-refractivity contribution in [1.82, 2.24) is 9.35 Å². The molecule has 0 saturated carbocycles. The third kappa shape index (κ3) is 3.01. The highest BCUT2D eigenvalue weighted by atomic mass is 31.2. The number of aromatic nitrogens is 2. The standard InChI is InChI=1S/C18H31N4P/c1-11-12(2)16(6)21(15(11)5)19-23(9,10)20-22-17(7)13(3)14(4)18(22)8/h19H,1-10H3. The van der Waals surface area contributed by atoms with Crippen molar-refractivity contribution >= 4 is 7.21 Å². The van der Waals surface area contributed by atoms with E-state index in [1.54, 1.807) is 0 Å². The van der Waals surface area contributed by atoms with E-state index in [9.17, 15) is 0 Å². The molecule has 0 radical (unpaired) electrons. The maximum atomic E-state index is 5.08. The van der Waals surface area contributed by atoms with Crippen LogP contribution in [0.1, 0.15) is 45.0 Å². The van der Waals surface area contributed by atoms with E-state index in [1.165, 1.54) is 45.0 Å². The summed E-state index contributed by atoms with van der Waals surface area (Å²) in [5.74, 6) is 0. The van der Waals surface area contributed by atoms with Gasteiger partial charge in [-0.1, -0.05) is 0 Å². The van der Waals surface area contributed by atoms with Crippen LogP contribution in [-0.2, 0) is 0 Å². The topological polar surface area (TPSA) is 34.2 Å². The van der Waals surface area contributed by atoms with Gasteiger partial charge in [-0.05, 0) is 91.0 Å². The average molecular weight is 334 g/mol. The largest absolute Gasteiger partial charge is 0.289 e. The summed E-state index contributed by atoms with van der Waals surface area (Å²) >= 11 is 0. The van der Waals surface area contributed by atoms with E-state index in [-0.39, 0.29) is 0 Å². The van der Waals surface area contributed by atoms with Gasteiger partial charge in [-0.15, -0.1) is 0 Å². The second-order valence-corrected chi connectivity index (χ2v) is 10.2. The maximum absolute atomic E-state index is 5.08. The number of hydrogen-bond donors (Lipinski definition) is 1. The van der Waals surface area contributed by atoms with E-state index in [0.29, 0.717) is 0 Å². The molecule has 0 fully saturated rings. The van der Waals surface area contributed by atoms with Gasteiger partial charge in [0.25, 0.3) is 0 Å². The van der Waals surface area contributed by atoms with Crippen LogP contribution < -0.4 is 5.20 Å². The highest BCUT2D eigenvalue weighted by Gasteiger charge is 2.17. The van der Waals surface area contributed by atoms with Crippen molar-refractivity contribution in [3.8, 4) is 0 Å². The highest BCUT2D eigenvalue weighted by molar-refractivity contribution is 7.65. The summed E-state index contributed by atoms with van der Waals surface area (Å²) in [4.78, 5) is 5.08. The molecule has 0 unspecified atom stereocenters. The maximum Gasteiger partial charge on any atom is 0.0869 e. The molecule has 0 atom stereocenters. The lowest BCUT2D eigenvalue weighted by atomic mass is 10.2. The van der Waals surface area contributed by atoms with Gasteiger partial charge in [-0.3, -0.25) is 9.87 Å². The van der Waals surface area contributed by atoms with Crippen molar-refractivity contribution in [1.29, 1.82) is 0 Å². The van der Waals surface area contributed by atoms with Gasteiger partial charge in [0.15, 0.2) is 0 Å². The first kappa shape index (κ1) is 17.9. The van der Waals surface area contributed by atoms with Crippen LogP contribution in [0.2, 0.25) is 0 Å². The van der Waals surface area contributed by atoms with Crippen LogP contribution in [0.25, 0.3) is 0 Å². The lowest BCUT2D eigenvalue weighted by Gasteiger charge is -2.22. The Hall–Kier alpha value is -1.41. The van der Waals surface area contributed by atoms with Crippen molar-refractivity contribution in [2.75, 3.05) is 18.5 Å². The third-order valence-corrected chi connectivity index (χ3v) is 6.58. The molecule has 0 saturated heterocycles. The van der Waals surface area contributed by atoms with Crippen molar-refractivity contribution in [3.05, 3.63) is 45.0 Å². The van der Waals surface area contributed by atoms with Gasteiger partial charge in [0.2, 0.25) is 0 Å². The lowest BCUT2D eigenvalue weighted by Crippen LogP contribution is -2.15. The molecule has 0 aromatic carbocycles. The Morgan fingerprint density at radius 1 is 0.652 bits per heavy atom. The summed E-state index contributed by atoms with van der Waals surface area (Å²) < 4.78 is 4.34. The molecule has 5 heteroatoms. The summed E-state index contributed by atoms with van der Waals surface area (Å²) in [6.07, 6.45) is 0. The van der Waals surface area contributed by atoms with E-state index in [1.807, 2.05) is 0 Å². The van der Waals surface area contributed by atoms with Gasteiger partial charge in [0.1, 0.15) is 0 Å². The summed E-state index contributed by atoms with van der Waals surface area (Å²) in [7, 11) is -1.71. The van der Waals surface area contributed by atoms with Crippen LogP contribution in [0.5, 0.6) is 0 Å². The first-order valence-electron chi connectivity index (χ1n) is 8.14. The summed E-state index contributed by atoms with van der Waals surface area (Å²) in [5, 5.41) is 3.69. The molecule has 2 rings (SSSR count). The zero-order chi connectivity index (χ0) is 17.7. The number of nitrogens with zero attached hydrogens (tertiary/aromatic N) is 3. The first-order valence-corrected chi connectivity index (χ1v) is 10.8. The van der Waals surface area contributed by atoms with E-state index >= 15 is 0 Å². The van der Waals surface area contributed by atoms with Crippen LogP contribution in [0, 0.1) is 55.4 Å². The molecule has 1 N–H and O–H groups in total. The fourth-order valence-electron chi connectivity index (χ4n) is 3.01. The van der Waals surface area contributed by atoms with Crippen LogP contribution in [0.3, 0.4) is 0 Å². The normalized spacial score (nSPS) is 11.9. The van der Waals surface area contributed by atoms with E-state index in [4.69, 9.17) is 4.85 Å². The van der Waals surface area contributed by atoms with E-state index in [0.717, 1.165) is 0 Å². The SMILES string of the molecule is Cc1c(C)c(C)n(N=P(C)(C)Nn2c(C)c(C)c(C)c2C)c1C. The summed E-state index contributed by atoms with van der Waals surface area (Å²) in [6.45, 7) is 21.8. The molecule has 4 nitrogen and oxygen atoms in total. The van der Waals surface area contributed by atoms with E-state index < -0.39 is 7.21 Å². The molecule has 2 heterocycles. The highest BCUT2D eigenvalue weighted by Crippen LogP contribution is 2.40. The van der Waals surface area contributed by atoms with E-state index in [2.05, 4.69) is 83.3 Å². The van der Waals surface area contributed by atoms with Crippen LogP contribution in [0.4, 0.5) is 0 Å². The Balaban J connectivity index is 2.52. The summed E-state index contributed by atoms with van der Waals surface area (Å²) in [6, 6.07) is 0. The fourth-order valence-corrected chi connectivity index (χ4v) is 4.56. The minimum absolute atomic E-state index is 1.24. The molecule has 0 aliphatic rings. The number of hydrogen-bond acceptors (Lipinski definition) is 1. The second kappa shape index (κ2) is 5.90. The Morgan fingerprint density at radius 3 is 1.39 bits per heavy atom. The fraction of sp³-hybridized carbons (Fsp3) is 0.556. The summed E-state index contributed by atoms with van der Waals surface area (Å²) in [5.41, 5.74) is 10.4. The molecule has 0 bridgehead atoms. The molecule has 0 aliphatic heterocycles. The van der Waals surface area contributed by atoms with Crippen molar-refractivity contribution < 1.29 is 0 Å². The van der Waals surface area contributed by atoms with Gasteiger partial charge in [-0.25, -0.2) is 4.68 Å². The zero-order valence-electron chi connectivity index (χ0n) is 16.3. The Kier molecular flexibility index (Phi) is 4.60. The Morgan fingerprint density at radius 2 is 1.00 bits per heavy atom. The Bertz CT molecular complexity index is 764. The van der Waals surface area contributed by atoms with Crippen molar-refractivity contribution in [2.45, 2.75) is 55.4 Å². The molecular formula is C18H31N4P. The predicted molar refractivity (Wildman–Crippen MR) is 103 cm³/mol. The molecular weight excluding hydrogens is 303 g/mol. The second-order valence-electron chi connectivity index (χ2n) is 7.07. The monoisotopic (exact) mass is 334 g/mol. The lowest BCUT2D eigenvalue weighted by molar-refractivity contribution is 0.812. The van der Waals surface area contributed by atoms with Gasteiger partial charge in [-0.2, -0.15) is 4.85 Å². The van der Waals surface area contributed by atoms with Gasteiger partial charge in [0.05, 0.1) is 7.21 Å². The zero-order valence-corrected chi connectivity index (χ0v) is 17.2. The predicted octanol–water partition coefficient (Wildman–Crippen LogP) is 5.14. The van der Waals surface area contributed by atoms with Crippen molar-refractivity contribution in [3.63, 3.8) is 0 Å². The third-order valence-electron chi connectivity index (χ3n) is 5.26. The molecule has 0 amide bonds. The molecule has 2 aromatic heterocycles. The van der Waals surface area contributed by atoms with Gasteiger partial charge >= 0.3 is 0 Å². The molecule has 2 aromatic rings. The molecule has 0 spiro atoms. The van der Waals surface area contributed by atoms with Crippen LogP contribution in [-0.4, -0.2) is 22.7 Å². The van der Waals surface area contributed by atoms with Crippen molar-refractivity contribution in [2.24, 2.45) is 4.85 Å². The van der Waals surface area contributed by atoms with Crippen LogP contribution in [0.15, 0.2) is 4.85 Å². The van der Waals surface area contributed by atoms with Gasteiger partial charge in [0, 0.05) is 22.8 Å². The van der Waals surface area contributed by atoms with Gasteiger partial charge < -0.3 is 0 Å². The quantitative estimate of drug-likeness (QED) is 0.775. The molecule has 128 valence electrons. The van der Waals surface area contributed by atoms with Crippen LogP contribution >= 0.6 is 7.21 Å². The number of nitrogens with one attached hydrogen (secondary N) is 1. The number of rotatable bonds is 3. The first-order chi connectivity index (χ1) is 10.5. The molecule has 23 heavy (non-hydrogen) atoms. The minimum atomic E-state index is -1.71. The Labute approximate surface area is 141 Å². The minimum Gasteiger partial charge on any atom is -0.289 e. The molecule has 0 aliphatic carbocycles. The smallest absolute Gasteiger partial charge is 0.0869 e.